The zero-order chi connectivity index (χ0) is 11.9. The van der Waals surface area contributed by atoms with Gasteiger partial charge in [-0.25, -0.2) is 4.79 Å². The van der Waals surface area contributed by atoms with Crippen molar-refractivity contribution in [3.05, 3.63) is 35.9 Å². The molecule has 3 nitrogen and oxygen atoms in total. The van der Waals surface area contributed by atoms with Crippen LogP contribution in [0.15, 0.2) is 30.3 Å². The molecule has 0 aliphatic heterocycles. The molecule has 90 valence electrons. The molecule has 0 aromatic heterocycles. The van der Waals surface area contributed by atoms with Gasteiger partial charge in [-0.15, -0.1) is 0 Å². The molecule has 0 spiro atoms. The lowest BCUT2D eigenvalue weighted by atomic mass is 9.78. The van der Waals surface area contributed by atoms with Gasteiger partial charge < -0.3 is 9.84 Å². The van der Waals surface area contributed by atoms with Crippen LogP contribution in [-0.2, 0) is 10.3 Å². The van der Waals surface area contributed by atoms with Crippen molar-refractivity contribution in [2.45, 2.75) is 31.3 Å². The first-order valence-electron chi connectivity index (χ1n) is 6.18. The van der Waals surface area contributed by atoms with Crippen LogP contribution in [0.25, 0.3) is 0 Å². The molecule has 3 heteroatoms. The fraction of sp³-hybridized carbons (Fsp3) is 0.500. The monoisotopic (exact) mass is 232 g/mol. The van der Waals surface area contributed by atoms with Gasteiger partial charge in [-0.2, -0.15) is 0 Å². The van der Waals surface area contributed by atoms with E-state index in [-0.39, 0.29) is 0 Å². The van der Waals surface area contributed by atoms with Gasteiger partial charge in [0.25, 0.3) is 0 Å². The van der Waals surface area contributed by atoms with Gasteiger partial charge in [0.1, 0.15) is 5.60 Å². The predicted molar refractivity (Wildman–Crippen MR) is 62.7 cm³/mol. The number of fused-ring (bicyclic) bond motifs is 2. The standard InChI is InChI=1S/C14H16O3/c15-13(16)17-14(11-4-2-1-3-5-11)9-10-6-7-12(14)8-10/h1-5,10,12H,6-9H2,(H,15,16). The van der Waals surface area contributed by atoms with Crippen molar-refractivity contribution in [1.29, 1.82) is 0 Å². The maximum absolute atomic E-state index is 11.0. The van der Waals surface area contributed by atoms with Crippen molar-refractivity contribution in [3.63, 3.8) is 0 Å². The molecule has 2 aliphatic carbocycles. The van der Waals surface area contributed by atoms with Crippen LogP contribution in [0.2, 0.25) is 0 Å². The number of carboxylic acid groups (broad SMARTS) is 1. The smallest absolute Gasteiger partial charge is 0.450 e. The second kappa shape index (κ2) is 3.76. The molecule has 1 aromatic carbocycles. The molecule has 3 rings (SSSR count). The van der Waals surface area contributed by atoms with Gasteiger partial charge in [-0.05, 0) is 37.2 Å². The Bertz CT molecular complexity index is 428. The van der Waals surface area contributed by atoms with E-state index in [9.17, 15) is 4.79 Å². The average Bonchev–Trinajstić information content (AvgIpc) is 2.90. The molecule has 0 heterocycles. The van der Waals surface area contributed by atoms with E-state index in [1.807, 2.05) is 30.3 Å². The fourth-order valence-electron chi connectivity index (χ4n) is 3.69. The van der Waals surface area contributed by atoms with Crippen LogP contribution in [0.4, 0.5) is 4.79 Å². The molecule has 1 aromatic rings. The maximum Gasteiger partial charge on any atom is 0.506 e. The Balaban J connectivity index is 2.00. The van der Waals surface area contributed by atoms with Crippen LogP contribution in [0.3, 0.4) is 0 Å². The normalized spacial score (nSPS) is 34.8. The molecule has 2 saturated carbocycles. The van der Waals surface area contributed by atoms with Crippen molar-refractivity contribution in [1.82, 2.24) is 0 Å². The molecule has 0 amide bonds. The summed E-state index contributed by atoms with van der Waals surface area (Å²) in [7, 11) is 0. The minimum atomic E-state index is -1.15. The van der Waals surface area contributed by atoms with E-state index < -0.39 is 11.8 Å². The number of hydrogen-bond acceptors (Lipinski definition) is 2. The summed E-state index contributed by atoms with van der Waals surface area (Å²) >= 11 is 0. The van der Waals surface area contributed by atoms with Crippen molar-refractivity contribution in [2.24, 2.45) is 11.8 Å². The largest absolute Gasteiger partial charge is 0.506 e. The van der Waals surface area contributed by atoms with E-state index in [4.69, 9.17) is 9.84 Å². The van der Waals surface area contributed by atoms with Crippen molar-refractivity contribution >= 4 is 6.16 Å². The summed E-state index contributed by atoms with van der Waals surface area (Å²) in [5, 5.41) is 9.01. The Kier molecular flexibility index (Phi) is 2.35. The molecule has 3 unspecified atom stereocenters. The van der Waals surface area contributed by atoms with Crippen molar-refractivity contribution in [3.8, 4) is 0 Å². The lowest BCUT2D eigenvalue weighted by Crippen LogP contribution is -2.37. The molecule has 2 fully saturated rings. The number of hydrogen-bond donors (Lipinski definition) is 1. The summed E-state index contributed by atoms with van der Waals surface area (Å²) in [6.45, 7) is 0. The van der Waals surface area contributed by atoms with E-state index in [1.54, 1.807) is 0 Å². The Morgan fingerprint density at radius 2 is 2.06 bits per heavy atom. The van der Waals surface area contributed by atoms with Crippen molar-refractivity contribution in [2.75, 3.05) is 0 Å². The zero-order valence-corrected chi connectivity index (χ0v) is 9.63. The van der Waals surface area contributed by atoms with Crippen LogP contribution in [0.5, 0.6) is 0 Å². The Morgan fingerprint density at radius 1 is 1.29 bits per heavy atom. The van der Waals surface area contributed by atoms with Gasteiger partial charge in [0.05, 0.1) is 0 Å². The average molecular weight is 232 g/mol. The summed E-state index contributed by atoms with van der Waals surface area (Å²) in [6, 6.07) is 9.83. The van der Waals surface area contributed by atoms with Crippen molar-refractivity contribution < 1.29 is 14.6 Å². The summed E-state index contributed by atoms with van der Waals surface area (Å²) in [5.41, 5.74) is 0.449. The topological polar surface area (TPSA) is 46.5 Å². The molecule has 2 bridgehead atoms. The van der Waals surface area contributed by atoms with Gasteiger partial charge in [-0.3, -0.25) is 0 Å². The van der Waals surface area contributed by atoms with Crippen LogP contribution in [0.1, 0.15) is 31.2 Å². The lowest BCUT2D eigenvalue weighted by molar-refractivity contribution is -0.0586. The number of carbonyl (C=O) groups is 1. The third-order valence-electron chi connectivity index (χ3n) is 4.32. The fourth-order valence-corrected chi connectivity index (χ4v) is 3.69. The van der Waals surface area contributed by atoms with Gasteiger partial charge in [0, 0.05) is 5.92 Å². The van der Waals surface area contributed by atoms with Crippen LogP contribution < -0.4 is 0 Å². The molecular weight excluding hydrogens is 216 g/mol. The molecule has 3 atom stereocenters. The molecule has 17 heavy (non-hydrogen) atoms. The summed E-state index contributed by atoms with van der Waals surface area (Å²) in [4.78, 5) is 11.0. The van der Waals surface area contributed by atoms with Gasteiger partial charge >= 0.3 is 6.16 Å². The SMILES string of the molecule is O=C(O)OC1(c2ccccc2)CC2CCC1C2. The van der Waals surface area contributed by atoms with E-state index in [1.165, 1.54) is 6.42 Å². The Labute approximate surface area is 100 Å². The highest BCUT2D eigenvalue weighted by Gasteiger charge is 2.54. The van der Waals surface area contributed by atoms with E-state index in [0.717, 1.165) is 24.8 Å². The first-order valence-corrected chi connectivity index (χ1v) is 6.18. The summed E-state index contributed by atoms with van der Waals surface area (Å²) in [6.07, 6.45) is 3.13. The Morgan fingerprint density at radius 3 is 2.59 bits per heavy atom. The number of benzene rings is 1. The highest BCUT2D eigenvalue weighted by atomic mass is 16.7. The minimum absolute atomic E-state index is 0.367. The summed E-state index contributed by atoms with van der Waals surface area (Å²) in [5.74, 6) is 1.01. The Hall–Kier alpha value is -1.51. The number of rotatable bonds is 2. The molecule has 0 saturated heterocycles. The van der Waals surface area contributed by atoms with Gasteiger partial charge in [0.15, 0.2) is 0 Å². The second-order valence-electron chi connectivity index (χ2n) is 5.20. The number of ether oxygens (including phenoxy) is 1. The molecular formula is C14H16O3. The zero-order valence-electron chi connectivity index (χ0n) is 9.63. The molecule has 0 radical (unpaired) electrons. The lowest BCUT2D eigenvalue weighted by Gasteiger charge is -2.36. The summed E-state index contributed by atoms with van der Waals surface area (Å²) < 4.78 is 5.34. The van der Waals surface area contributed by atoms with Gasteiger partial charge in [0.2, 0.25) is 0 Å². The highest BCUT2D eigenvalue weighted by Crippen LogP contribution is 2.57. The van der Waals surface area contributed by atoms with Gasteiger partial charge in [-0.1, -0.05) is 30.3 Å². The van der Waals surface area contributed by atoms with E-state index in [2.05, 4.69) is 0 Å². The second-order valence-corrected chi connectivity index (χ2v) is 5.20. The van der Waals surface area contributed by atoms with Crippen LogP contribution >= 0.6 is 0 Å². The van der Waals surface area contributed by atoms with Crippen LogP contribution in [-0.4, -0.2) is 11.3 Å². The minimum Gasteiger partial charge on any atom is -0.450 e. The van der Waals surface area contributed by atoms with Crippen LogP contribution in [0, 0.1) is 11.8 Å². The quantitative estimate of drug-likeness (QED) is 0.795. The third-order valence-corrected chi connectivity index (χ3v) is 4.32. The molecule has 2 aliphatic rings. The first kappa shape index (κ1) is 10.6. The third kappa shape index (κ3) is 1.61. The predicted octanol–water partition coefficient (Wildman–Crippen LogP) is 3.40. The first-order chi connectivity index (χ1) is 8.21. The highest BCUT2D eigenvalue weighted by molar-refractivity contribution is 5.58. The molecule has 1 N–H and O–H groups in total. The van der Waals surface area contributed by atoms with E-state index in [0.29, 0.717) is 11.8 Å². The van der Waals surface area contributed by atoms with E-state index >= 15 is 0 Å². The maximum atomic E-state index is 11.0.